The Hall–Kier alpha value is -3.69. The Morgan fingerprint density at radius 2 is 0.964 bits per heavy atom. The minimum Gasteiger partial charge on any atom is -0.478 e. The number of hydrogen-bond acceptors (Lipinski definition) is 9. The fourth-order valence-electron chi connectivity index (χ4n) is 1.51. The summed E-state index contributed by atoms with van der Waals surface area (Å²) in [4.78, 5) is 56.2. The summed E-state index contributed by atoms with van der Waals surface area (Å²) >= 11 is 0. The second-order valence-corrected chi connectivity index (χ2v) is 5.21. The van der Waals surface area contributed by atoms with E-state index in [-0.39, 0.29) is 0 Å². The third kappa shape index (κ3) is 10.3. The zero-order valence-electron chi connectivity index (χ0n) is 15.0. The molecular weight excluding hydrogens is 376 g/mol. The van der Waals surface area contributed by atoms with E-state index < -0.39 is 61.7 Å². The van der Waals surface area contributed by atoms with Crippen molar-refractivity contribution < 1.29 is 48.0 Å². The van der Waals surface area contributed by atoms with E-state index in [2.05, 4.69) is 19.7 Å². The van der Waals surface area contributed by atoms with E-state index in [0.29, 0.717) is 12.2 Å². The van der Waals surface area contributed by atoms with Crippen molar-refractivity contribution in [3.8, 4) is 0 Å². The van der Waals surface area contributed by atoms with Gasteiger partial charge in [-0.15, -0.1) is 0 Å². The van der Waals surface area contributed by atoms with E-state index in [1.54, 1.807) is 0 Å². The fourth-order valence-corrected chi connectivity index (χ4v) is 1.51. The number of carbonyl (C=O) groups excluding carboxylic acids is 4. The lowest BCUT2D eigenvalue weighted by molar-refractivity contribution is -0.164. The molecule has 0 aromatic rings. The predicted octanol–water partition coefficient (Wildman–Crippen LogP) is 0.344. The summed E-state index contributed by atoms with van der Waals surface area (Å²) in [5, 5.41) is 8.51. The van der Waals surface area contributed by atoms with Crippen molar-refractivity contribution in [2.45, 2.75) is 0 Å². The van der Waals surface area contributed by atoms with Crippen LogP contribution in [0, 0.1) is 5.41 Å². The highest BCUT2D eigenvalue weighted by atomic mass is 16.6. The highest BCUT2D eigenvalue weighted by molar-refractivity contribution is 5.90. The van der Waals surface area contributed by atoms with Gasteiger partial charge in [0, 0.05) is 30.4 Å². The molecule has 0 aliphatic heterocycles. The van der Waals surface area contributed by atoms with Gasteiger partial charge in [0.1, 0.15) is 31.8 Å². The third-order valence-corrected chi connectivity index (χ3v) is 2.94. The van der Waals surface area contributed by atoms with Crippen LogP contribution in [0.2, 0.25) is 0 Å². The summed E-state index contributed by atoms with van der Waals surface area (Å²) in [5.74, 6) is -4.89. The van der Waals surface area contributed by atoms with E-state index in [9.17, 15) is 24.0 Å². The maximum atomic E-state index is 11.6. The van der Waals surface area contributed by atoms with Gasteiger partial charge in [-0.2, -0.15) is 0 Å². The Bertz CT molecular complexity index is 614. The van der Waals surface area contributed by atoms with Crippen LogP contribution in [0.15, 0.2) is 50.1 Å². The highest BCUT2D eigenvalue weighted by Gasteiger charge is 2.37. The van der Waals surface area contributed by atoms with Crippen LogP contribution in [-0.2, 0) is 42.9 Å². The lowest BCUT2D eigenvalue weighted by Crippen LogP contribution is -2.43. The van der Waals surface area contributed by atoms with Gasteiger partial charge < -0.3 is 24.1 Å². The topological polar surface area (TPSA) is 142 Å². The molecular formula is C18H20O10. The quantitative estimate of drug-likeness (QED) is 0.263. The summed E-state index contributed by atoms with van der Waals surface area (Å²) in [6.07, 6.45) is 3.82. The summed E-state index contributed by atoms with van der Waals surface area (Å²) in [7, 11) is 0. The molecule has 0 aliphatic rings. The van der Waals surface area contributed by atoms with Crippen molar-refractivity contribution in [2.24, 2.45) is 5.41 Å². The molecule has 0 rings (SSSR count). The van der Waals surface area contributed by atoms with Gasteiger partial charge in [0.15, 0.2) is 0 Å². The molecule has 0 aromatic carbocycles. The molecule has 0 aliphatic carbocycles. The van der Waals surface area contributed by atoms with Crippen molar-refractivity contribution in [1.29, 1.82) is 0 Å². The third-order valence-electron chi connectivity index (χ3n) is 2.94. The van der Waals surface area contributed by atoms with Gasteiger partial charge in [0.2, 0.25) is 0 Å². The number of esters is 4. The molecule has 10 heteroatoms. The molecule has 0 saturated heterocycles. The SMILES string of the molecule is C=CC(=O)OCC(COC(=O)C=C)(COC(=O)C=C)COC(=O)C=CC(=O)O. The number of hydrogen-bond donors (Lipinski definition) is 1. The number of aliphatic carboxylic acids is 1. The second kappa shape index (κ2) is 12.6. The molecule has 0 radical (unpaired) electrons. The predicted molar refractivity (Wildman–Crippen MR) is 93.6 cm³/mol. The zero-order valence-corrected chi connectivity index (χ0v) is 15.0. The average molecular weight is 396 g/mol. The minimum atomic E-state index is -1.48. The van der Waals surface area contributed by atoms with Gasteiger partial charge >= 0.3 is 29.8 Å². The maximum absolute atomic E-state index is 11.6. The van der Waals surface area contributed by atoms with E-state index in [4.69, 9.17) is 24.1 Å². The number of rotatable bonds is 13. The monoisotopic (exact) mass is 396 g/mol. The number of carboxylic acids is 1. The average Bonchev–Trinajstić information content (AvgIpc) is 2.69. The van der Waals surface area contributed by atoms with E-state index in [0.717, 1.165) is 18.2 Å². The van der Waals surface area contributed by atoms with Crippen molar-refractivity contribution in [3.05, 3.63) is 50.1 Å². The van der Waals surface area contributed by atoms with Crippen LogP contribution < -0.4 is 0 Å². The van der Waals surface area contributed by atoms with E-state index in [1.807, 2.05) is 0 Å². The van der Waals surface area contributed by atoms with Gasteiger partial charge in [-0.3, -0.25) is 0 Å². The van der Waals surface area contributed by atoms with Gasteiger partial charge in [-0.25, -0.2) is 24.0 Å². The molecule has 0 aromatic heterocycles. The molecule has 1 N–H and O–H groups in total. The van der Waals surface area contributed by atoms with E-state index >= 15 is 0 Å². The largest absolute Gasteiger partial charge is 0.478 e. The standard InChI is InChI=1S/C18H20O10/c1-4-14(21)25-9-18(10-26-15(22)5-2,11-27-16(23)6-3)12-28-17(24)8-7-13(19)20/h4-8H,1-3,9-12H2,(H,19,20). The number of ether oxygens (including phenoxy) is 4. The first kappa shape index (κ1) is 24.3. The molecule has 0 fully saturated rings. The fraction of sp³-hybridized carbons (Fsp3) is 0.278. The van der Waals surface area contributed by atoms with Crippen LogP contribution in [0.4, 0.5) is 0 Å². The van der Waals surface area contributed by atoms with Crippen LogP contribution in [0.25, 0.3) is 0 Å². The smallest absolute Gasteiger partial charge is 0.331 e. The zero-order chi connectivity index (χ0) is 21.6. The Labute approximate surface area is 160 Å². The first-order valence-electron chi connectivity index (χ1n) is 7.63. The molecule has 10 nitrogen and oxygen atoms in total. The van der Waals surface area contributed by atoms with E-state index in [1.165, 1.54) is 0 Å². The van der Waals surface area contributed by atoms with Crippen LogP contribution >= 0.6 is 0 Å². The van der Waals surface area contributed by atoms with Gasteiger partial charge in [0.05, 0.1) is 0 Å². The van der Waals surface area contributed by atoms with Crippen molar-refractivity contribution in [1.82, 2.24) is 0 Å². The normalized spacial score (nSPS) is 10.4. The Kier molecular flexibility index (Phi) is 11.0. The number of carboxylic acid groups (broad SMARTS) is 1. The number of carbonyl (C=O) groups is 5. The molecule has 0 atom stereocenters. The summed E-state index contributed by atoms with van der Waals surface area (Å²) in [6, 6.07) is 0. The summed E-state index contributed by atoms with van der Waals surface area (Å²) < 4.78 is 19.7. The Morgan fingerprint density at radius 1 is 0.643 bits per heavy atom. The van der Waals surface area contributed by atoms with Gasteiger partial charge in [0.25, 0.3) is 0 Å². The molecule has 0 unspecified atom stereocenters. The van der Waals surface area contributed by atoms with Gasteiger partial charge in [-0.05, 0) is 0 Å². The lowest BCUT2D eigenvalue weighted by atomic mass is 9.92. The summed E-state index contributed by atoms with van der Waals surface area (Å²) in [5.41, 5.74) is -1.48. The Balaban J connectivity index is 5.47. The molecule has 152 valence electrons. The minimum absolute atomic E-state index is 0.484. The lowest BCUT2D eigenvalue weighted by Gasteiger charge is -2.31. The van der Waals surface area contributed by atoms with Crippen LogP contribution in [0.5, 0.6) is 0 Å². The van der Waals surface area contributed by atoms with Crippen LogP contribution in [0.1, 0.15) is 0 Å². The molecule has 28 heavy (non-hydrogen) atoms. The second-order valence-electron chi connectivity index (χ2n) is 5.21. The molecule has 0 spiro atoms. The van der Waals surface area contributed by atoms with Crippen molar-refractivity contribution in [3.63, 3.8) is 0 Å². The van der Waals surface area contributed by atoms with Crippen LogP contribution in [-0.4, -0.2) is 61.4 Å². The molecule has 0 saturated carbocycles. The van der Waals surface area contributed by atoms with Crippen molar-refractivity contribution >= 4 is 29.8 Å². The first-order valence-corrected chi connectivity index (χ1v) is 7.63. The molecule has 0 heterocycles. The van der Waals surface area contributed by atoms with Gasteiger partial charge in [-0.1, -0.05) is 19.7 Å². The summed E-state index contributed by atoms with van der Waals surface area (Å²) in [6.45, 7) is 7.69. The van der Waals surface area contributed by atoms with Crippen molar-refractivity contribution in [2.75, 3.05) is 26.4 Å². The highest BCUT2D eigenvalue weighted by Crippen LogP contribution is 2.21. The maximum Gasteiger partial charge on any atom is 0.331 e. The Morgan fingerprint density at radius 3 is 1.25 bits per heavy atom. The van der Waals surface area contributed by atoms with Crippen LogP contribution in [0.3, 0.4) is 0 Å². The molecule has 0 bridgehead atoms. The molecule has 0 amide bonds. The first-order chi connectivity index (χ1) is 13.2.